The second-order valence-corrected chi connectivity index (χ2v) is 15.8. The summed E-state index contributed by atoms with van der Waals surface area (Å²) in [5, 5.41) is 13.7. The summed E-state index contributed by atoms with van der Waals surface area (Å²) in [4.78, 5) is 80.9. The Balaban J connectivity index is 1.78. The van der Waals surface area contributed by atoms with Crippen molar-refractivity contribution in [2.45, 2.75) is 136 Å². The number of nitrogens with zero attached hydrogens (tertiary/aromatic N) is 1. The number of carbonyl (C=O) groups excluding carboxylic acids is 6. The van der Waals surface area contributed by atoms with Crippen molar-refractivity contribution in [2.24, 2.45) is 23.2 Å². The summed E-state index contributed by atoms with van der Waals surface area (Å²) in [5.74, 6) is -3.02. The average Bonchev–Trinajstić information content (AvgIpc) is 3.24. The first-order chi connectivity index (χ1) is 20.8. The topological polar surface area (TPSA) is 166 Å². The first-order valence-corrected chi connectivity index (χ1v) is 16.6. The lowest BCUT2D eigenvalue weighted by Gasteiger charge is -2.37. The van der Waals surface area contributed by atoms with E-state index >= 15 is 0 Å². The van der Waals surface area contributed by atoms with Crippen LogP contribution >= 0.6 is 0 Å². The van der Waals surface area contributed by atoms with Crippen LogP contribution in [0, 0.1) is 23.2 Å². The molecule has 2 aliphatic carbocycles. The summed E-state index contributed by atoms with van der Waals surface area (Å²) in [6.07, 6.45) is 5.40. The van der Waals surface area contributed by atoms with Gasteiger partial charge in [0.2, 0.25) is 23.5 Å². The number of carbonyl (C=O) groups is 6. The minimum Gasteiger partial charge on any atom is -0.350 e. The summed E-state index contributed by atoms with van der Waals surface area (Å²) in [5.41, 5.74) is -1.15. The molecule has 1 heterocycles. The van der Waals surface area contributed by atoms with Crippen molar-refractivity contribution >= 4 is 35.4 Å². The third kappa shape index (κ3) is 9.42. The molecule has 1 aliphatic heterocycles. The van der Waals surface area contributed by atoms with Crippen molar-refractivity contribution in [3.63, 3.8) is 0 Å². The maximum atomic E-state index is 14.3. The number of Topliss-reactive ketones (excluding diaryl/α,β-unsaturated/α-hetero) is 1. The van der Waals surface area contributed by atoms with Gasteiger partial charge in [0.1, 0.15) is 12.1 Å². The van der Waals surface area contributed by atoms with Gasteiger partial charge in [-0.05, 0) is 84.0 Å². The molecule has 3 fully saturated rings. The molecule has 5 atom stereocenters. The number of piperidine rings is 1. The van der Waals surface area contributed by atoms with Crippen LogP contribution in [0.15, 0.2) is 0 Å². The van der Waals surface area contributed by atoms with Gasteiger partial charge in [-0.25, -0.2) is 4.79 Å². The van der Waals surface area contributed by atoms with E-state index in [1.165, 1.54) is 0 Å². The minimum atomic E-state index is -1.10. The van der Waals surface area contributed by atoms with E-state index in [9.17, 15) is 28.8 Å². The van der Waals surface area contributed by atoms with Gasteiger partial charge in [-0.2, -0.15) is 0 Å². The van der Waals surface area contributed by atoms with Crippen LogP contribution in [0.2, 0.25) is 0 Å². The van der Waals surface area contributed by atoms with Crippen molar-refractivity contribution in [3.05, 3.63) is 0 Å². The molecule has 0 radical (unpaired) electrons. The predicted molar refractivity (Wildman–Crippen MR) is 171 cm³/mol. The fourth-order valence-corrected chi connectivity index (χ4v) is 7.04. The van der Waals surface area contributed by atoms with Gasteiger partial charge in [-0.3, -0.25) is 24.0 Å². The predicted octanol–water partition coefficient (Wildman–Crippen LogP) is 2.40. The van der Waals surface area contributed by atoms with Gasteiger partial charge in [0.05, 0.1) is 12.6 Å². The standard InChI is InChI=1S/C33H56N6O6/c1-10-14-21(26(41)28(43)34-17-22(40)37-31(2,3)4)35-27(42)25-23-20(33(23,8)9)18-39(25)29(44)24(19-15-12-11-13-16-19)36-30(45)38-32(5,6)7/h19-21,23-25H,10-18H2,1-9H3,(H,34,43)(H,35,42)(H,37,40)(H2,36,38,45). The summed E-state index contributed by atoms with van der Waals surface area (Å²) in [7, 11) is 0. The first kappa shape index (κ1) is 36.3. The zero-order valence-electron chi connectivity index (χ0n) is 28.7. The van der Waals surface area contributed by atoms with Gasteiger partial charge >= 0.3 is 6.03 Å². The van der Waals surface area contributed by atoms with Crippen LogP contribution < -0.4 is 26.6 Å². The highest BCUT2D eigenvalue weighted by Gasteiger charge is 2.69. The van der Waals surface area contributed by atoms with E-state index in [2.05, 4.69) is 40.4 Å². The number of ketones is 1. The van der Waals surface area contributed by atoms with Crippen LogP contribution in [-0.4, -0.2) is 82.6 Å². The van der Waals surface area contributed by atoms with Crippen LogP contribution in [0.4, 0.5) is 4.79 Å². The van der Waals surface area contributed by atoms with Crippen molar-refractivity contribution in [1.82, 2.24) is 31.5 Å². The molecule has 2 saturated carbocycles. The number of amides is 6. The maximum absolute atomic E-state index is 14.3. The van der Waals surface area contributed by atoms with E-state index in [0.29, 0.717) is 13.0 Å². The fraction of sp³-hybridized carbons (Fsp3) is 0.818. The van der Waals surface area contributed by atoms with Crippen molar-refractivity contribution < 1.29 is 28.8 Å². The molecule has 0 aromatic heterocycles. The van der Waals surface area contributed by atoms with Crippen LogP contribution in [0.3, 0.4) is 0 Å². The fourth-order valence-electron chi connectivity index (χ4n) is 7.04. The summed E-state index contributed by atoms with van der Waals surface area (Å²) in [6, 6.07) is -3.13. The Bertz CT molecular complexity index is 1150. The third-order valence-corrected chi connectivity index (χ3v) is 9.28. The smallest absolute Gasteiger partial charge is 0.315 e. The molecule has 1 saturated heterocycles. The van der Waals surface area contributed by atoms with Gasteiger partial charge in [-0.15, -0.1) is 0 Å². The lowest BCUT2D eigenvalue weighted by molar-refractivity contribution is -0.145. The number of rotatable bonds is 11. The quantitative estimate of drug-likeness (QED) is 0.220. The first-order valence-electron chi connectivity index (χ1n) is 16.6. The highest BCUT2D eigenvalue weighted by molar-refractivity contribution is 6.38. The van der Waals surface area contributed by atoms with Crippen molar-refractivity contribution in [3.8, 4) is 0 Å². The number of hydrogen-bond acceptors (Lipinski definition) is 6. The van der Waals surface area contributed by atoms with E-state index in [0.717, 1.165) is 32.1 Å². The van der Waals surface area contributed by atoms with E-state index in [-0.39, 0.29) is 42.0 Å². The SMILES string of the molecule is CCCC(NC(=O)C1C2C(CN1C(=O)C(NC(=O)NC(C)(C)C)C1CCCCC1)C2(C)C)C(=O)C(=O)NCC(=O)NC(C)(C)C. The number of nitrogens with one attached hydrogen (secondary N) is 5. The van der Waals surface area contributed by atoms with Gasteiger partial charge < -0.3 is 31.5 Å². The Morgan fingerprint density at radius 3 is 2.02 bits per heavy atom. The monoisotopic (exact) mass is 632 g/mol. The Hall–Kier alpha value is -3.18. The van der Waals surface area contributed by atoms with Gasteiger partial charge in [0.15, 0.2) is 0 Å². The average molecular weight is 633 g/mol. The van der Waals surface area contributed by atoms with Gasteiger partial charge in [-0.1, -0.05) is 46.5 Å². The Morgan fingerprint density at radius 2 is 1.47 bits per heavy atom. The van der Waals surface area contributed by atoms with Crippen molar-refractivity contribution in [2.75, 3.05) is 13.1 Å². The minimum absolute atomic E-state index is 0.0424. The van der Waals surface area contributed by atoms with Crippen molar-refractivity contribution in [1.29, 1.82) is 0 Å². The highest BCUT2D eigenvalue weighted by atomic mass is 16.2. The van der Waals surface area contributed by atoms with E-state index in [1.54, 1.807) is 4.90 Å². The molecule has 0 spiro atoms. The zero-order valence-corrected chi connectivity index (χ0v) is 28.7. The summed E-state index contributed by atoms with van der Waals surface area (Å²) >= 11 is 0. The molecule has 0 aromatic rings. The lowest BCUT2D eigenvalue weighted by atomic mass is 9.83. The Morgan fingerprint density at radius 1 is 0.867 bits per heavy atom. The largest absolute Gasteiger partial charge is 0.350 e. The van der Waals surface area contributed by atoms with Crippen LogP contribution in [0.1, 0.15) is 107 Å². The number of hydrogen-bond donors (Lipinski definition) is 5. The number of urea groups is 1. The Kier molecular flexibility index (Phi) is 11.3. The normalized spacial score (nSPS) is 24.0. The molecule has 6 amide bonds. The molecule has 3 rings (SSSR count). The second kappa shape index (κ2) is 14.1. The molecule has 0 bridgehead atoms. The summed E-state index contributed by atoms with van der Waals surface area (Å²) in [6.45, 7) is 17.0. The van der Waals surface area contributed by atoms with E-state index in [4.69, 9.17) is 0 Å². The lowest BCUT2D eigenvalue weighted by Crippen LogP contribution is -2.61. The van der Waals surface area contributed by atoms with Crippen LogP contribution in [0.5, 0.6) is 0 Å². The van der Waals surface area contributed by atoms with Gasteiger partial charge in [0.25, 0.3) is 5.91 Å². The zero-order chi connectivity index (χ0) is 33.9. The van der Waals surface area contributed by atoms with E-state index in [1.807, 2.05) is 48.5 Å². The molecule has 45 heavy (non-hydrogen) atoms. The molecule has 5 unspecified atom stereocenters. The number of likely N-dealkylation sites (tertiary alicyclic amines) is 1. The van der Waals surface area contributed by atoms with Crippen LogP contribution in [-0.2, 0) is 24.0 Å². The molecule has 254 valence electrons. The Labute approximate surface area is 268 Å². The van der Waals surface area contributed by atoms with Gasteiger partial charge in [0, 0.05) is 17.6 Å². The molecule has 12 heteroatoms. The molecule has 12 nitrogen and oxygen atoms in total. The molecular weight excluding hydrogens is 576 g/mol. The molecule has 5 N–H and O–H groups in total. The van der Waals surface area contributed by atoms with Crippen LogP contribution in [0.25, 0.3) is 0 Å². The second-order valence-electron chi connectivity index (χ2n) is 15.8. The molecule has 0 aromatic carbocycles. The third-order valence-electron chi connectivity index (χ3n) is 9.28. The highest BCUT2D eigenvalue weighted by Crippen LogP contribution is 2.65. The van der Waals surface area contributed by atoms with E-state index < -0.39 is 58.7 Å². The maximum Gasteiger partial charge on any atom is 0.315 e. The number of fused-ring (bicyclic) bond motifs is 1. The molecular formula is C33H56N6O6. The summed E-state index contributed by atoms with van der Waals surface area (Å²) < 4.78 is 0. The molecule has 3 aliphatic rings.